The first-order valence-electron chi connectivity index (χ1n) is 7.75. The second kappa shape index (κ2) is 5.58. The van der Waals surface area contributed by atoms with Crippen LogP contribution in [0.2, 0.25) is 0 Å². The Kier molecular flexibility index (Phi) is 4.16. The van der Waals surface area contributed by atoms with Crippen molar-refractivity contribution in [3.05, 3.63) is 34.4 Å². The molecule has 24 heavy (non-hydrogen) atoms. The number of hydrogen-bond acceptors (Lipinski definition) is 4. The number of carbonyl (C=O) groups is 2. The van der Waals surface area contributed by atoms with Crippen LogP contribution in [-0.4, -0.2) is 21.9 Å². The van der Waals surface area contributed by atoms with Gasteiger partial charge in [-0.05, 0) is 31.2 Å². The van der Waals surface area contributed by atoms with Gasteiger partial charge in [-0.15, -0.1) is 0 Å². The first-order valence-corrected chi connectivity index (χ1v) is 7.75. The molecule has 0 radical (unpaired) electrons. The smallest absolute Gasteiger partial charge is 0.309 e. The quantitative estimate of drug-likeness (QED) is 0.647. The normalized spacial score (nSPS) is 28.3. The van der Waals surface area contributed by atoms with Gasteiger partial charge < -0.3 is 10.4 Å². The zero-order valence-corrected chi connectivity index (χ0v) is 14.3. The summed E-state index contributed by atoms with van der Waals surface area (Å²) in [6.07, 6.45) is 0.831. The molecule has 0 aromatic heterocycles. The Morgan fingerprint density at radius 3 is 2.25 bits per heavy atom. The Morgan fingerprint density at radius 1 is 1.17 bits per heavy atom. The van der Waals surface area contributed by atoms with E-state index in [1.807, 2.05) is 0 Å². The highest BCUT2D eigenvalue weighted by atomic mass is 16.6. The highest BCUT2D eigenvalue weighted by Crippen LogP contribution is 2.63. The van der Waals surface area contributed by atoms with Crippen LogP contribution in [0.1, 0.15) is 40.5 Å². The van der Waals surface area contributed by atoms with Gasteiger partial charge in [0.25, 0.3) is 5.69 Å². The number of hydrogen-bond donors (Lipinski definition) is 2. The number of nitrogens with zero attached hydrogens (tertiary/aromatic N) is 1. The lowest BCUT2D eigenvalue weighted by Crippen LogP contribution is -2.49. The van der Waals surface area contributed by atoms with Crippen LogP contribution in [0.15, 0.2) is 24.3 Å². The molecule has 7 heteroatoms. The number of aliphatic carboxylic acids is 1. The highest BCUT2D eigenvalue weighted by Gasteiger charge is 2.64. The van der Waals surface area contributed by atoms with Crippen molar-refractivity contribution in [1.29, 1.82) is 0 Å². The number of nitro groups is 1. The predicted octanol–water partition coefficient (Wildman–Crippen LogP) is 3.45. The maximum atomic E-state index is 12.9. The first-order chi connectivity index (χ1) is 11.0. The van der Waals surface area contributed by atoms with E-state index < -0.39 is 27.1 Å². The third-order valence-corrected chi connectivity index (χ3v) is 6.17. The SMILES string of the molecule is CC1(C(=O)O)CCC(C)(C(=O)Nc2cccc([N+](=O)[O-])c2)C1(C)C. The van der Waals surface area contributed by atoms with E-state index >= 15 is 0 Å². The molecule has 0 saturated heterocycles. The Morgan fingerprint density at radius 2 is 1.75 bits per heavy atom. The molecule has 0 heterocycles. The van der Waals surface area contributed by atoms with E-state index in [9.17, 15) is 24.8 Å². The van der Waals surface area contributed by atoms with Crippen LogP contribution in [0, 0.1) is 26.4 Å². The summed E-state index contributed by atoms with van der Waals surface area (Å²) in [7, 11) is 0. The maximum absolute atomic E-state index is 12.9. The van der Waals surface area contributed by atoms with Crippen LogP contribution in [0.25, 0.3) is 0 Å². The van der Waals surface area contributed by atoms with Gasteiger partial charge >= 0.3 is 5.97 Å². The lowest BCUT2D eigenvalue weighted by Gasteiger charge is -2.44. The molecule has 1 amide bonds. The molecule has 2 unspecified atom stereocenters. The van der Waals surface area contributed by atoms with Crippen molar-refractivity contribution in [1.82, 2.24) is 0 Å². The molecule has 130 valence electrons. The summed E-state index contributed by atoms with van der Waals surface area (Å²) in [5.74, 6) is -1.24. The summed E-state index contributed by atoms with van der Waals surface area (Å²) in [5.41, 5.74) is -2.47. The topological polar surface area (TPSA) is 110 Å². The summed E-state index contributed by atoms with van der Waals surface area (Å²) in [6, 6.07) is 5.71. The molecule has 1 aliphatic carbocycles. The summed E-state index contributed by atoms with van der Waals surface area (Å²) in [5, 5.41) is 23.2. The Bertz CT molecular complexity index is 715. The molecule has 0 aliphatic heterocycles. The number of non-ortho nitro benzene ring substituents is 1. The standard InChI is InChI=1S/C17H22N2O5/c1-15(2)16(3,8-9-17(15,4)14(21)22)13(20)18-11-6-5-7-12(10-11)19(23)24/h5-7,10H,8-9H2,1-4H3,(H,18,20)(H,21,22). The van der Waals surface area contributed by atoms with Crippen LogP contribution < -0.4 is 5.32 Å². The molecule has 1 aliphatic rings. The number of rotatable bonds is 4. The molecule has 7 nitrogen and oxygen atoms in total. The van der Waals surface area contributed by atoms with Crippen molar-refractivity contribution in [2.75, 3.05) is 5.32 Å². The summed E-state index contributed by atoms with van der Waals surface area (Å²) in [4.78, 5) is 34.9. The van der Waals surface area contributed by atoms with Gasteiger partial charge in [-0.3, -0.25) is 19.7 Å². The molecule has 1 fully saturated rings. The van der Waals surface area contributed by atoms with Gasteiger partial charge in [0.15, 0.2) is 0 Å². The largest absolute Gasteiger partial charge is 0.481 e. The van der Waals surface area contributed by atoms with Crippen molar-refractivity contribution in [2.45, 2.75) is 40.5 Å². The number of carboxylic acid groups (broad SMARTS) is 1. The molecule has 2 N–H and O–H groups in total. The van der Waals surface area contributed by atoms with Gasteiger partial charge in [0.2, 0.25) is 5.91 Å². The highest BCUT2D eigenvalue weighted by molar-refractivity contribution is 5.97. The van der Waals surface area contributed by atoms with Gasteiger partial charge in [-0.1, -0.05) is 26.8 Å². The van der Waals surface area contributed by atoms with Crippen LogP contribution in [-0.2, 0) is 9.59 Å². The molecule has 0 spiro atoms. The zero-order chi connectivity index (χ0) is 18.3. The molecule has 2 atom stereocenters. The van der Waals surface area contributed by atoms with Crippen LogP contribution in [0.3, 0.4) is 0 Å². The number of nitro benzene ring substituents is 1. The van der Waals surface area contributed by atoms with Crippen LogP contribution >= 0.6 is 0 Å². The minimum atomic E-state index is -1.01. The van der Waals surface area contributed by atoms with Gasteiger partial charge in [0, 0.05) is 17.8 Å². The van der Waals surface area contributed by atoms with Crippen molar-refractivity contribution in [2.24, 2.45) is 16.2 Å². The number of carboxylic acids is 1. The third-order valence-electron chi connectivity index (χ3n) is 6.17. The van der Waals surface area contributed by atoms with E-state index in [2.05, 4.69) is 5.32 Å². The van der Waals surface area contributed by atoms with Crippen molar-refractivity contribution >= 4 is 23.3 Å². The zero-order valence-electron chi connectivity index (χ0n) is 14.3. The number of nitrogens with one attached hydrogen (secondary N) is 1. The molecule has 0 bridgehead atoms. The summed E-state index contributed by atoms with van der Waals surface area (Å²) in [6.45, 7) is 7.01. The lowest BCUT2D eigenvalue weighted by atomic mass is 9.59. The van der Waals surface area contributed by atoms with Crippen LogP contribution in [0.5, 0.6) is 0 Å². The van der Waals surface area contributed by atoms with E-state index in [1.165, 1.54) is 18.2 Å². The first kappa shape index (κ1) is 17.9. The van der Waals surface area contributed by atoms with Crippen molar-refractivity contribution in [3.63, 3.8) is 0 Å². The molecule has 1 aromatic rings. The van der Waals surface area contributed by atoms with Gasteiger partial charge in [-0.25, -0.2) is 0 Å². The molecular formula is C17H22N2O5. The van der Waals surface area contributed by atoms with E-state index in [1.54, 1.807) is 33.8 Å². The van der Waals surface area contributed by atoms with E-state index in [-0.39, 0.29) is 11.6 Å². The average molecular weight is 334 g/mol. The van der Waals surface area contributed by atoms with Crippen molar-refractivity contribution < 1.29 is 19.6 Å². The minimum absolute atomic E-state index is 0.112. The maximum Gasteiger partial charge on any atom is 0.309 e. The summed E-state index contributed by atoms with van der Waals surface area (Å²) >= 11 is 0. The monoisotopic (exact) mass is 334 g/mol. The fourth-order valence-electron chi connectivity index (χ4n) is 3.47. The fourth-order valence-corrected chi connectivity index (χ4v) is 3.47. The second-order valence-electron chi connectivity index (χ2n) is 7.36. The molecular weight excluding hydrogens is 312 g/mol. The average Bonchev–Trinajstić information content (AvgIpc) is 2.70. The molecule has 1 saturated carbocycles. The van der Waals surface area contributed by atoms with Gasteiger partial charge in [0.05, 0.1) is 15.8 Å². The lowest BCUT2D eigenvalue weighted by molar-refractivity contribution is -0.384. The van der Waals surface area contributed by atoms with Gasteiger partial charge in [-0.2, -0.15) is 0 Å². The van der Waals surface area contributed by atoms with E-state index in [0.717, 1.165) is 0 Å². The Hall–Kier alpha value is -2.44. The minimum Gasteiger partial charge on any atom is -0.481 e. The van der Waals surface area contributed by atoms with Crippen molar-refractivity contribution in [3.8, 4) is 0 Å². The second-order valence-corrected chi connectivity index (χ2v) is 7.36. The van der Waals surface area contributed by atoms with Crippen LogP contribution in [0.4, 0.5) is 11.4 Å². The third kappa shape index (κ3) is 2.44. The summed E-state index contributed by atoms with van der Waals surface area (Å²) < 4.78 is 0. The number of carbonyl (C=O) groups excluding carboxylic acids is 1. The van der Waals surface area contributed by atoms with E-state index in [0.29, 0.717) is 18.5 Å². The molecule has 1 aromatic carbocycles. The Labute approximate surface area is 140 Å². The predicted molar refractivity (Wildman–Crippen MR) is 88.6 cm³/mol. The van der Waals surface area contributed by atoms with Gasteiger partial charge in [0.1, 0.15) is 0 Å². The fraction of sp³-hybridized carbons (Fsp3) is 0.529. The van der Waals surface area contributed by atoms with E-state index in [4.69, 9.17) is 0 Å². The molecule has 2 rings (SSSR count). The number of benzene rings is 1. The number of amides is 1. The Balaban J connectivity index is 2.31. The number of anilines is 1.